The summed E-state index contributed by atoms with van der Waals surface area (Å²) in [5.41, 5.74) is 2.52. The van der Waals surface area contributed by atoms with Crippen LogP contribution >= 0.6 is 0 Å². The van der Waals surface area contributed by atoms with Crippen LogP contribution in [0.4, 0.5) is 0 Å². The Morgan fingerprint density at radius 1 is 1.20 bits per heavy atom. The van der Waals surface area contributed by atoms with Crippen LogP contribution in [-0.4, -0.2) is 25.8 Å². The van der Waals surface area contributed by atoms with Crippen LogP contribution in [0.2, 0.25) is 0 Å². The fraction of sp³-hybridized carbons (Fsp3) is 0.769. The number of nitrogens with zero attached hydrogens (tertiary/aromatic N) is 1. The number of hydrogen-bond donors (Lipinski definition) is 1. The molecular formula is C13H26N2. The number of aliphatic imine (C=N–C) groups is 1. The van der Waals surface area contributed by atoms with Crippen molar-refractivity contribution in [2.75, 3.05) is 20.1 Å². The van der Waals surface area contributed by atoms with Crippen molar-refractivity contribution in [3.05, 3.63) is 12.2 Å². The molecule has 2 heteroatoms. The molecule has 0 unspecified atom stereocenters. The van der Waals surface area contributed by atoms with Crippen molar-refractivity contribution in [2.45, 2.75) is 34.1 Å². The van der Waals surface area contributed by atoms with E-state index in [1.54, 1.807) is 0 Å². The van der Waals surface area contributed by atoms with E-state index in [0.29, 0.717) is 11.8 Å². The van der Waals surface area contributed by atoms with E-state index in [2.05, 4.69) is 44.6 Å². The molecule has 0 aliphatic heterocycles. The van der Waals surface area contributed by atoms with Gasteiger partial charge < -0.3 is 5.32 Å². The molecule has 1 N–H and O–H groups in total. The second-order valence-electron chi connectivity index (χ2n) is 4.63. The second kappa shape index (κ2) is 7.63. The smallest absolute Gasteiger partial charge is 0.0599 e. The SMILES string of the molecule is C=C(C/N=C(/CCNC)C(C)C)C(C)C. The Hall–Kier alpha value is -0.630. The molecule has 2 nitrogen and oxygen atoms in total. The van der Waals surface area contributed by atoms with Crippen LogP contribution in [-0.2, 0) is 0 Å². The minimum atomic E-state index is 0.534. The molecule has 0 aromatic carbocycles. The monoisotopic (exact) mass is 210 g/mol. The fourth-order valence-electron chi connectivity index (χ4n) is 1.19. The molecule has 0 radical (unpaired) electrons. The van der Waals surface area contributed by atoms with Gasteiger partial charge in [-0.15, -0.1) is 0 Å². The number of nitrogens with one attached hydrogen (secondary N) is 1. The Kier molecular flexibility index (Phi) is 7.31. The lowest BCUT2D eigenvalue weighted by Gasteiger charge is -2.12. The van der Waals surface area contributed by atoms with E-state index in [0.717, 1.165) is 19.5 Å². The fourth-order valence-corrected chi connectivity index (χ4v) is 1.19. The first-order valence-electron chi connectivity index (χ1n) is 5.84. The van der Waals surface area contributed by atoms with Gasteiger partial charge in [0.25, 0.3) is 0 Å². The van der Waals surface area contributed by atoms with Crippen LogP contribution in [0, 0.1) is 11.8 Å². The molecule has 0 heterocycles. The molecule has 0 bridgehead atoms. The van der Waals surface area contributed by atoms with Gasteiger partial charge in [0.1, 0.15) is 0 Å². The molecular weight excluding hydrogens is 184 g/mol. The van der Waals surface area contributed by atoms with Gasteiger partial charge in [0.2, 0.25) is 0 Å². The maximum absolute atomic E-state index is 4.66. The standard InChI is InChI=1S/C13H26N2/c1-10(2)12(5)9-15-13(11(3)4)7-8-14-6/h10-11,14H,5,7-9H2,1-4,6H3/b15-13-. The third kappa shape index (κ3) is 6.45. The molecule has 0 aromatic heterocycles. The van der Waals surface area contributed by atoms with Gasteiger partial charge in [0, 0.05) is 12.3 Å². The van der Waals surface area contributed by atoms with E-state index in [1.165, 1.54) is 11.3 Å². The summed E-state index contributed by atoms with van der Waals surface area (Å²) in [6.07, 6.45) is 1.04. The quantitative estimate of drug-likeness (QED) is 0.507. The highest BCUT2D eigenvalue weighted by Gasteiger charge is 2.05. The minimum Gasteiger partial charge on any atom is -0.319 e. The number of hydrogen-bond acceptors (Lipinski definition) is 2. The van der Waals surface area contributed by atoms with Crippen molar-refractivity contribution in [1.29, 1.82) is 0 Å². The molecule has 15 heavy (non-hydrogen) atoms. The Morgan fingerprint density at radius 3 is 2.20 bits per heavy atom. The van der Waals surface area contributed by atoms with E-state index in [4.69, 9.17) is 0 Å². The van der Waals surface area contributed by atoms with Gasteiger partial charge in [-0.1, -0.05) is 39.8 Å². The highest BCUT2D eigenvalue weighted by Crippen LogP contribution is 2.09. The van der Waals surface area contributed by atoms with E-state index >= 15 is 0 Å². The van der Waals surface area contributed by atoms with Gasteiger partial charge in [-0.2, -0.15) is 0 Å². The maximum Gasteiger partial charge on any atom is 0.0599 e. The van der Waals surface area contributed by atoms with Crippen molar-refractivity contribution < 1.29 is 0 Å². The molecule has 0 aromatic rings. The maximum atomic E-state index is 4.66. The van der Waals surface area contributed by atoms with Gasteiger partial charge in [-0.25, -0.2) is 0 Å². The molecule has 0 amide bonds. The minimum absolute atomic E-state index is 0.534. The van der Waals surface area contributed by atoms with Crippen LogP contribution in [0.5, 0.6) is 0 Å². The first-order chi connectivity index (χ1) is 6.99. The van der Waals surface area contributed by atoms with Crippen LogP contribution in [0.15, 0.2) is 17.1 Å². The average molecular weight is 210 g/mol. The topological polar surface area (TPSA) is 24.4 Å². The average Bonchev–Trinajstić information content (AvgIpc) is 2.16. The van der Waals surface area contributed by atoms with E-state index in [9.17, 15) is 0 Å². The highest BCUT2D eigenvalue weighted by molar-refractivity contribution is 5.86. The zero-order valence-corrected chi connectivity index (χ0v) is 10.9. The van der Waals surface area contributed by atoms with Gasteiger partial charge in [0.05, 0.1) is 6.54 Å². The molecule has 0 fully saturated rings. The normalized spacial score (nSPS) is 12.6. The molecule has 0 rings (SSSR count). The lowest BCUT2D eigenvalue weighted by Crippen LogP contribution is -2.17. The van der Waals surface area contributed by atoms with Crippen LogP contribution < -0.4 is 5.32 Å². The van der Waals surface area contributed by atoms with Crippen molar-refractivity contribution in [1.82, 2.24) is 5.32 Å². The van der Waals surface area contributed by atoms with E-state index < -0.39 is 0 Å². The third-order valence-corrected chi connectivity index (χ3v) is 2.60. The van der Waals surface area contributed by atoms with E-state index in [1.807, 2.05) is 7.05 Å². The van der Waals surface area contributed by atoms with E-state index in [-0.39, 0.29) is 0 Å². The summed E-state index contributed by atoms with van der Waals surface area (Å²) >= 11 is 0. The van der Waals surface area contributed by atoms with Crippen LogP contribution in [0.3, 0.4) is 0 Å². The Labute approximate surface area is 94.9 Å². The third-order valence-electron chi connectivity index (χ3n) is 2.60. The Bertz CT molecular complexity index is 215. The van der Waals surface area contributed by atoms with Gasteiger partial charge in [0.15, 0.2) is 0 Å². The predicted molar refractivity (Wildman–Crippen MR) is 69.7 cm³/mol. The zero-order valence-electron chi connectivity index (χ0n) is 10.9. The molecule has 0 saturated carbocycles. The van der Waals surface area contributed by atoms with Crippen molar-refractivity contribution in [3.8, 4) is 0 Å². The molecule has 0 spiro atoms. The predicted octanol–water partition coefficient (Wildman–Crippen LogP) is 2.91. The van der Waals surface area contributed by atoms with Crippen molar-refractivity contribution in [3.63, 3.8) is 0 Å². The zero-order chi connectivity index (χ0) is 11.8. The first kappa shape index (κ1) is 14.4. The Morgan fingerprint density at radius 2 is 1.80 bits per heavy atom. The molecule has 0 aliphatic rings. The van der Waals surface area contributed by atoms with Crippen molar-refractivity contribution >= 4 is 5.71 Å². The van der Waals surface area contributed by atoms with Crippen LogP contribution in [0.25, 0.3) is 0 Å². The lowest BCUT2D eigenvalue weighted by atomic mass is 10.0. The van der Waals surface area contributed by atoms with Crippen molar-refractivity contribution in [2.24, 2.45) is 16.8 Å². The first-order valence-corrected chi connectivity index (χ1v) is 5.84. The summed E-state index contributed by atoms with van der Waals surface area (Å²) in [5.74, 6) is 1.07. The molecule has 0 aliphatic carbocycles. The summed E-state index contributed by atoms with van der Waals surface area (Å²) in [6.45, 7) is 14.6. The van der Waals surface area contributed by atoms with Gasteiger partial charge >= 0.3 is 0 Å². The second-order valence-corrected chi connectivity index (χ2v) is 4.63. The van der Waals surface area contributed by atoms with Gasteiger partial charge in [-0.3, -0.25) is 4.99 Å². The Balaban J connectivity index is 4.23. The number of rotatable bonds is 7. The summed E-state index contributed by atoms with van der Waals surface area (Å²) in [4.78, 5) is 4.66. The van der Waals surface area contributed by atoms with Gasteiger partial charge in [-0.05, 0) is 25.3 Å². The summed E-state index contributed by atoms with van der Waals surface area (Å²) in [5, 5.41) is 3.16. The summed E-state index contributed by atoms with van der Waals surface area (Å²) in [7, 11) is 1.98. The molecule has 0 atom stereocenters. The lowest BCUT2D eigenvalue weighted by molar-refractivity contribution is 0.737. The molecule has 0 saturated heterocycles. The van der Waals surface area contributed by atoms with Crippen LogP contribution in [0.1, 0.15) is 34.1 Å². The molecule has 88 valence electrons. The largest absolute Gasteiger partial charge is 0.319 e. The summed E-state index contributed by atoms with van der Waals surface area (Å²) < 4.78 is 0. The summed E-state index contributed by atoms with van der Waals surface area (Å²) in [6, 6.07) is 0. The highest BCUT2D eigenvalue weighted by atomic mass is 14.8.